The number of anilines is 1. The minimum atomic E-state index is 0.00715. The predicted octanol–water partition coefficient (Wildman–Crippen LogP) is 4.29. The number of amides is 1. The van der Waals surface area contributed by atoms with E-state index in [4.69, 9.17) is 4.74 Å². The lowest BCUT2D eigenvalue weighted by molar-refractivity contribution is -0.120. The topological polar surface area (TPSA) is 29.5 Å². The van der Waals surface area contributed by atoms with Crippen molar-refractivity contribution in [3.63, 3.8) is 0 Å². The van der Waals surface area contributed by atoms with Gasteiger partial charge in [0.2, 0.25) is 0 Å². The van der Waals surface area contributed by atoms with Gasteiger partial charge in [-0.05, 0) is 37.6 Å². The molecule has 0 aliphatic carbocycles. The third kappa shape index (κ3) is 3.88. The molecule has 23 heavy (non-hydrogen) atoms. The second-order valence-corrected chi connectivity index (χ2v) is 7.31. The van der Waals surface area contributed by atoms with Crippen LogP contribution < -0.4 is 9.64 Å². The van der Waals surface area contributed by atoms with E-state index in [2.05, 4.69) is 13.0 Å². The smallest absolute Gasteiger partial charge is 0.264 e. The summed E-state index contributed by atoms with van der Waals surface area (Å²) in [5, 5.41) is 0.506. The lowest BCUT2D eigenvalue weighted by Gasteiger charge is -2.22. The number of carbonyl (C=O) groups is 1. The Morgan fingerprint density at radius 2 is 1.96 bits per heavy atom. The van der Waals surface area contributed by atoms with Crippen LogP contribution in [0.5, 0.6) is 5.75 Å². The molecule has 0 fully saturated rings. The van der Waals surface area contributed by atoms with Gasteiger partial charge < -0.3 is 9.64 Å². The summed E-state index contributed by atoms with van der Waals surface area (Å²) in [7, 11) is 0. The lowest BCUT2D eigenvalue weighted by atomic mass is 10.2. The third-order valence-electron chi connectivity index (χ3n) is 3.93. The van der Waals surface area contributed by atoms with Gasteiger partial charge in [0, 0.05) is 16.7 Å². The number of ether oxygens (including phenoxy) is 1. The number of para-hydroxylation sites is 1. The van der Waals surface area contributed by atoms with Gasteiger partial charge in [0.05, 0.1) is 5.69 Å². The van der Waals surface area contributed by atoms with Gasteiger partial charge in [-0.25, -0.2) is 0 Å². The number of aryl methyl sites for hydroxylation is 1. The fraction of sp³-hybridized carbons (Fsp3) is 0.316. The Bertz CT molecular complexity index is 684. The number of rotatable bonds is 3. The van der Waals surface area contributed by atoms with E-state index in [-0.39, 0.29) is 12.5 Å². The fourth-order valence-electron chi connectivity index (χ4n) is 2.60. The Labute approximate surface area is 141 Å². The minimum Gasteiger partial charge on any atom is -0.484 e. The number of nitrogens with zero attached hydrogens (tertiary/aromatic N) is 1. The molecule has 1 aliphatic heterocycles. The van der Waals surface area contributed by atoms with Crippen LogP contribution in [0.1, 0.15) is 18.9 Å². The zero-order valence-electron chi connectivity index (χ0n) is 13.5. The average molecular weight is 327 g/mol. The van der Waals surface area contributed by atoms with Gasteiger partial charge in [-0.3, -0.25) is 4.79 Å². The fourth-order valence-corrected chi connectivity index (χ4v) is 3.72. The van der Waals surface area contributed by atoms with Gasteiger partial charge in [-0.1, -0.05) is 36.8 Å². The molecular weight excluding hydrogens is 306 g/mol. The summed E-state index contributed by atoms with van der Waals surface area (Å²) in [6.07, 6.45) is 0.982. The van der Waals surface area contributed by atoms with E-state index in [0.717, 1.165) is 24.4 Å². The van der Waals surface area contributed by atoms with Crippen molar-refractivity contribution in [2.45, 2.75) is 30.4 Å². The highest BCUT2D eigenvalue weighted by Gasteiger charge is 2.24. The molecule has 1 unspecified atom stereocenters. The van der Waals surface area contributed by atoms with Crippen LogP contribution in [0.3, 0.4) is 0 Å². The average Bonchev–Trinajstić information content (AvgIpc) is 2.72. The lowest BCUT2D eigenvalue weighted by Crippen LogP contribution is -2.36. The molecule has 2 aromatic rings. The van der Waals surface area contributed by atoms with Crippen molar-refractivity contribution in [1.82, 2.24) is 0 Å². The number of hydrogen-bond donors (Lipinski definition) is 0. The van der Waals surface area contributed by atoms with Crippen LogP contribution in [0.25, 0.3) is 0 Å². The molecule has 0 aromatic heterocycles. The van der Waals surface area contributed by atoms with E-state index < -0.39 is 0 Å². The summed E-state index contributed by atoms with van der Waals surface area (Å²) < 4.78 is 5.66. The van der Waals surface area contributed by atoms with E-state index in [1.54, 1.807) is 0 Å². The van der Waals surface area contributed by atoms with Crippen LogP contribution in [0.15, 0.2) is 53.4 Å². The largest absolute Gasteiger partial charge is 0.484 e. The van der Waals surface area contributed by atoms with E-state index >= 15 is 0 Å². The number of carbonyl (C=O) groups excluding carboxylic acids is 1. The summed E-state index contributed by atoms with van der Waals surface area (Å²) in [5.74, 6) is 0.738. The molecular formula is C19H21NO2S. The van der Waals surface area contributed by atoms with Crippen LogP contribution in [-0.2, 0) is 4.79 Å². The summed E-state index contributed by atoms with van der Waals surface area (Å²) in [6.45, 7) is 5.04. The Morgan fingerprint density at radius 3 is 2.74 bits per heavy atom. The van der Waals surface area contributed by atoms with E-state index in [9.17, 15) is 4.79 Å². The summed E-state index contributed by atoms with van der Waals surface area (Å²) in [5.41, 5.74) is 2.18. The monoisotopic (exact) mass is 327 g/mol. The van der Waals surface area contributed by atoms with Crippen LogP contribution in [0.2, 0.25) is 0 Å². The molecule has 0 saturated heterocycles. The molecule has 120 valence electrons. The standard InChI is InChI=1S/C19H21NO2S/c1-14-7-9-16(10-8-14)22-13-19(21)20-12-11-15(2)23-18-6-4-3-5-17(18)20/h3-10,15H,11-13H2,1-2H3. The van der Waals surface area contributed by atoms with Crippen LogP contribution in [0.4, 0.5) is 5.69 Å². The molecule has 0 radical (unpaired) electrons. The first-order valence-corrected chi connectivity index (χ1v) is 8.77. The molecule has 3 rings (SSSR count). The zero-order chi connectivity index (χ0) is 16.2. The molecule has 1 aliphatic rings. The molecule has 0 N–H and O–H groups in total. The van der Waals surface area contributed by atoms with Gasteiger partial charge in [0.15, 0.2) is 6.61 Å². The van der Waals surface area contributed by atoms with E-state index in [1.807, 2.05) is 66.1 Å². The Morgan fingerprint density at radius 1 is 1.22 bits per heavy atom. The first kappa shape index (κ1) is 15.9. The maximum Gasteiger partial charge on any atom is 0.264 e. The number of hydrogen-bond acceptors (Lipinski definition) is 3. The Hall–Kier alpha value is -1.94. The van der Waals surface area contributed by atoms with Crippen LogP contribution >= 0.6 is 11.8 Å². The van der Waals surface area contributed by atoms with Crippen molar-refractivity contribution in [3.05, 3.63) is 54.1 Å². The summed E-state index contributed by atoms with van der Waals surface area (Å²) >= 11 is 1.84. The van der Waals surface area contributed by atoms with Crippen molar-refractivity contribution < 1.29 is 9.53 Å². The first-order valence-electron chi connectivity index (χ1n) is 7.89. The van der Waals surface area contributed by atoms with Crippen LogP contribution in [-0.4, -0.2) is 24.3 Å². The van der Waals surface area contributed by atoms with Crippen molar-refractivity contribution in [2.24, 2.45) is 0 Å². The van der Waals surface area contributed by atoms with Crippen molar-refractivity contribution in [1.29, 1.82) is 0 Å². The predicted molar refractivity (Wildman–Crippen MR) is 95.4 cm³/mol. The van der Waals surface area contributed by atoms with Crippen LogP contribution in [0, 0.1) is 6.92 Å². The van der Waals surface area contributed by atoms with Gasteiger partial charge in [-0.15, -0.1) is 11.8 Å². The Kier molecular flexibility index (Phi) is 4.91. The van der Waals surface area contributed by atoms with Gasteiger partial charge in [0.1, 0.15) is 5.75 Å². The van der Waals surface area contributed by atoms with Crippen molar-refractivity contribution in [2.75, 3.05) is 18.1 Å². The van der Waals surface area contributed by atoms with Gasteiger partial charge in [0.25, 0.3) is 5.91 Å². The quantitative estimate of drug-likeness (QED) is 0.842. The van der Waals surface area contributed by atoms with Gasteiger partial charge >= 0.3 is 0 Å². The third-order valence-corrected chi connectivity index (χ3v) is 5.17. The Balaban J connectivity index is 1.72. The molecule has 3 nitrogen and oxygen atoms in total. The van der Waals surface area contributed by atoms with E-state index in [1.165, 1.54) is 10.5 Å². The molecule has 0 saturated carbocycles. The second kappa shape index (κ2) is 7.09. The number of benzene rings is 2. The van der Waals surface area contributed by atoms with Crippen molar-refractivity contribution >= 4 is 23.4 Å². The molecule has 2 aromatic carbocycles. The summed E-state index contributed by atoms with van der Waals surface area (Å²) in [4.78, 5) is 15.7. The zero-order valence-corrected chi connectivity index (χ0v) is 14.3. The van der Waals surface area contributed by atoms with E-state index in [0.29, 0.717) is 5.25 Å². The first-order chi connectivity index (χ1) is 11.1. The number of fused-ring (bicyclic) bond motifs is 1. The maximum absolute atomic E-state index is 12.7. The molecule has 1 atom stereocenters. The highest BCUT2D eigenvalue weighted by atomic mass is 32.2. The molecule has 0 spiro atoms. The molecule has 1 heterocycles. The summed E-state index contributed by atoms with van der Waals surface area (Å²) in [6, 6.07) is 15.9. The second-order valence-electron chi connectivity index (χ2n) is 5.83. The maximum atomic E-state index is 12.7. The SMILES string of the molecule is Cc1ccc(OCC(=O)N2CCC(C)Sc3ccccc32)cc1. The highest BCUT2D eigenvalue weighted by Crippen LogP contribution is 2.37. The highest BCUT2D eigenvalue weighted by molar-refractivity contribution is 8.00. The van der Waals surface area contributed by atoms with Gasteiger partial charge in [-0.2, -0.15) is 0 Å². The van der Waals surface area contributed by atoms with Crippen molar-refractivity contribution in [3.8, 4) is 5.75 Å². The normalized spacial score (nSPS) is 17.3. The molecule has 1 amide bonds. The minimum absolute atomic E-state index is 0.00715. The molecule has 0 bridgehead atoms. The number of thioether (sulfide) groups is 1. The molecule has 4 heteroatoms.